The number of halogens is 2. The Kier molecular flexibility index (Phi) is 5.80. The molecule has 2 amide bonds. The zero-order valence-electron chi connectivity index (χ0n) is 15.8. The number of benzene rings is 2. The van der Waals surface area contributed by atoms with E-state index in [1.165, 1.54) is 17.4 Å². The quantitative estimate of drug-likeness (QED) is 0.470. The monoisotopic (exact) mass is 440 g/mol. The highest BCUT2D eigenvalue weighted by molar-refractivity contribution is 7.14. The Bertz CT molecular complexity index is 1240. The van der Waals surface area contributed by atoms with E-state index in [-0.39, 0.29) is 29.7 Å². The largest absolute Gasteiger partial charge is 0.343 e. The number of hydrogen-bond donors (Lipinski definition) is 2. The number of carbonyl (C=O) groups is 2. The van der Waals surface area contributed by atoms with Crippen molar-refractivity contribution in [3.8, 4) is 22.2 Å². The lowest BCUT2D eigenvalue weighted by molar-refractivity contribution is -0.115. The van der Waals surface area contributed by atoms with Gasteiger partial charge in [-0.1, -0.05) is 23.4 Å². The van der Waals surface area contributed by atoms with Crippen molar-refractivity contribution in [2.24, 2.45) is 0 Å². The summed E-state index contributed by atoms with van der Waals surface area (Å²) in [5, 5.41) is 10.7. The summed E-state index contributed by atoms with van der Waals surface area (Å²) in [6.45, 7) is -0.229. The summed E-state index contributed by atoms with van der Waals surface area (Å²) in [6.07, 6.45) is 0. The minimum Gasteiger partial charge on any atom is -0.343 e. The molecule has 0 aliphatic carbocycles. The average Bonchev–Trinajstić information content (AvgIpc) is 3.44. The molecule has 156 valence electrons. The minimum atomic E-state index is -1.02. The predicted molar refractivity (Wildman–Crippen MR) is 110 cm³/mol. The first-order chi connectivity index (χ1) is 15.0. The van der Waals surface area contributed by atoms with Gasteiger partial charge >= 0.3 is 0 Å². The van der Waals surface area contributed by atoms with Gasteiger partial charge in [-0.05, 0) is 41.8 Å². The number of nitrogens with zero attached hydrogens (tertiary/aromatic N) is 2. The van der Waals surface area contributed by atoms with E-state index in [1.807, 2.05) is 0 Å². The van der Waals surface area contributed by atoms with Gasteiger partial charge < -0.3 is 15.2 Å². The maximum atomic E-state index is 13.5. The Labute approximate surface area is 178 Å². The standard InChI is InChI=1S/C21H14F2N4O3S/c22-14-7-6-13(10-15(14)23)19-26-21(30-27-19)18-16(8-9-31-18)25-17(28)11-24-20(29)12-4-2-1-3-5-12/h1-10H,11H2,(H,24,29)(H,25,28). The van der Waals surface area contributed by atoms with Crippen LogP contribution in [-0.2, 0) is 4.79 Å². The molecule has 2 aromatic carbocycles. The maximum Gasteiger partial charge on any atom is 0.270 e. The lowest BCUT2D eigenvalue weighted by Crippen LogP contribution is -2.32. The second-order valence-electron chi connectivity index (χ2n) is 6.31. The number of rotatable bonds is 6. The van der Waals surface area contributed by atoms with E-state index in [0.717, 1.165) is 12.1 Å². The van der Waals surface area contributed by atoms with E-state index in [0.29, 0.717) is 16.1 Å². The van der Waals surface area contributed by atoms with Crippen molar-refractivity contribution in [1.82, 2.24) is 15.5 Å². The first kappa shape index (κ1) is 20.4. The van der Waals surface area contributed by atoms with Crippen LogP contribution in [0.4, 0.5) is 14.5 Å². The summed E-state index contributed by atoms with van der Waals surface area (Å²) in [4.78, 5) is 29.0. The average molecular weight is 440 g/mol. The van der Waals surface area contributed by atoms with Gasteiger partial charge in [0.05, 0.1) is 12.2 Å². The number of aromatic nitrogens is 2. The molecule has 4 rings (SSSR count). The van der Waals surface area contributed by atoms with Gasteiger partial charge in [-0.3, -0.25) is 9.59 Å². The molecule has 0 saturated heterocycles. The van der Waals surface area contributed by atoms with E-state index in [2.05, 4.69) is 20.8 Å². The summed E-state index contributed by atoms with van der Waals surface area (Å²) in [5.41, 5.74) is 1.12. The number of thiophene rings is 1. The fraction of sp³-hybridized carbons (Fsp3) is 0.0476. The Morgan fingerprint density at radius 3 is 2.61 bits per heavy atom. The molecule has 0 radical (unpaired) electrons. The van der Waals surface area contributed by atoms with Gasteiger partial charge in [0.1, 0.15) is 4.88 Å². The highest BCUT2D eigenvalue weighted by atomic mass is 32.1. The molecule has 0 spiro atoms. The van der Waals surface area contributed by atoms with Crippen molar-refractivity contribution in [3.05, 3.63) is 77.2 Å². The summed E-state index contributed by atoms with van der Waals surface area (Å²) in [7, 11) is 0. The van der Waals surface area contributed by atoms with Crippen LogP contribution in [0.1, 0.15) is 10.4 Å². The molecule has 0 atom stereocenters. The summed E-state index contributed by atoms with van der Waals surface area (Å²) in [5.74, 6) is -2.62. The molecule has 0 aliphatic heterocycles. The number of amides is 2. The molecule has 10 heteroatoms. The van der Waals surface area contributed by atoms with Crippen molar-refractivity contribution in [2.75, 3.05) is 11.9 Å². The summed E-state index contributed by atoms with van der Waals surface area (Å²) >= 11 is 1.25. The Morgan fingerprint density at radius 1 is 1.03 bits per heavy atom. The van der Waals surface area contributed by atoms with Crippen LogP contribution in [0.2, 0.25) is 0 Å². The molecule has 31 heavy (non-hydrogen) atoms. The summed E-state index contributed by atoms with van der Waals surface area (Å²) < 4.78 is 31.8. The Morgan fingerprint density at radius 2 is 1.84 bits per heavy atom. The SMILES string of the molecule is O=C(CNC(=O)c1ccccc1)Nc1ccsc1-c1nc(-c2ccc(F)c(F)c2)no1. The van der Waals surface area contributed by atoms with Gasteiger partial charge in [0.2, 0.25) is 11.7 Å². The fourth-order valence-corrected chi connectivity index (χ4v) is 3.46. The molecule has 0 bridgehead atoms. The van der Waals surface area contributed by atoms with Gasteiger partial charge in [-0.15, -0.1) is 11.3 Å². The fourth-order valence-electron chi connectivity index (χ4n) is 2.69. The molecule has 2 N–H and O–H groups in total. The van der Waals surface area contributed by atoms with Crippen molar-refractivity contribution in [3.63, 3.8) is 0 Å². The second-order valence-corrected chi connectivity index (χ2v) is 7.23. The maximum absolute atomic E-state index is 13.5. The predicted octanol–water partition coefficient (Wildman–Crippen LogP) is 4.11. The van der Waals surface area contributed by atoms with E-state index in [1.54, 1.807) is 41.8 Å². The topological polar surface area (TPSA) is 97.1 Å². The lowest BCUT2D eigenvalue weighted by atomic mass is 10.2. The third-order valence-corrected chi connectivity index (χ3v) is 5.09. The molecule has 0 saturated carbocycles. The van der Waals surface area contributed by atoms with Gasteiger partial charge in [-0.25, -0.2) is 8.78 Å². The van der Waals surface area contributed by atoms with Crippen LogP contribution in [0.5, 0.6) is 0 Å². The van der Waals surface area contributed by atoms with Crippen molar-refractivity contribution >= 4 is 28.8 Å². The van der Waals surface area contributed by atoms with Gasteiger partial charge in [0.15, 0.2) is 11.6 Å². The highest BCUT2D eigenvalue weighted by Gasteiger charge is 2.18. The molecule has 4 aromatic rings. The van der Waals surface area contributed by atoms with E-state index in [4.69, 9.17) is 4.52 Å². The molecule has 0 fully saturated rings. The molecular formula is C21H14F2N4O3S. The van der Waals surface area contributed by atoms with Crippen LogP contribution in [0.15, 0.2) is 64.5 Å². The molecular weight excluding hydrogens is 426 g/mol. The van der Waals surface area contributed by atoms with Crippen LogP contribution in [0, 0.1) is 11.6 Å². The molecule has 0 aliphatic rings. The third kappa shape index (κ3) is 4.64. The van der Waals surface area contributed by atoms with Crippen LogP contribution >= 0.6 is 11.3 Å². The Balaban J connectivity index is 1.43. The van der Waals surface area contributed by atoms with Crippen LogP contribution in [-0.4, -0.2) is 28.5 Å². The Hall–Kier alpha value is -3.92. The molecule has 2 heterocycles. The first-order valence-corrected chi connectivity index (χ1v) is 9.89. The van der Waals surface area contributed by atoms with Gasteiger partial charge in [-0.2, -0.15) is 4.98 Å². The van der Waals surface area contributed by atoms with Crippen molar-refractivity contribution < 1.29 is 22.9 Å². The van der Waals surface area contributed by atoms with Crippen LogP contribution < -0.4 is 10.6 Å². The highest BCUT2D eigenvalue weighted by Crippen LogP contribution is 2.33. The molecule has 2 aromatic heterocycles. The number of nitrogens with one attached hydrogen (secondary N) is 2. The number of hydrogen-bond acceptors (Lipinski definition) is 6. The smallest absolute Gasteiger partial charge is 0.270 e. The lowest BCUT2D eigenvalue weighted by Gasteiger charge is -2.06. The zero-order valence-corrected chi connectivity index (χ0v) is 16.6. The minimum absolute atomic E-state index is 0.0784. The first-order valence-electron chi connectivity index (χ1n) is 9.01. The molecule has 7 nitrogen and oxygen atoms in total. The molecule has 0 unspecified atom stereocenters. The van der Waals surface area contributed by atoms with E-state index >= 15 is 0 Å². The second kappa shape index (κ2) is 8.84. The van der Waals surface area contributed by atoms with Crippen LogP contribution in [0.25, 0.3) is 22.2 Å². The van der Waals surface area contributed by atoms with Crippen molar-refractivity contribution in [2.45, 2.75) is 0 Å². The third-order valence-electron chi connectivity index (χ3n) is 4.18. The van der Waals surface area contributed by atoms with Crippen molar-refractivity contribution in [1.29, 1.82) is 0 Å². The number of anilines is 1. The van der Waals surface area contributed by atoms with E-state index in [9.17, 15) is 18.4 Å². The number of carbonyl (C=O) groups excluding carboxylic acids is 2. The van der Waals surface area contributed by atoms with Gasteiger partial charge in [0, 0.05) is 11.1 Å². The summed E-state index contributed by atoms with van der Waals surface area (Å²) in [6, 6.07) is 13.5. The van der Waals surface area contributed by atoms with Gasteiger partial charge in [0.25, 0.3) is 11.8 Å². The normalized spacial score (nSPS) is 10.6. The van der Waals surface area contributed by atoms with Crippen LogP contribution in [0.3, 0.4) is 0 Å². The van der Waals surface area contributed by atoms with E-state index < -0.39 is 17.5 Å². The zero-order chi connectivity index (χ0) is 21.8.